The minimum Gasteiger partial charge on any atom is -0.496 e. The molecule has 0 amide bonds. The standard InChI is InChI=1S/C31H31F6N2O/c1-29(27-9-5-6-10-28(27)40-2,18-21-15-24(30(32,33)34)17-25(16-21)31(35,36)37)39-13-11-26(12-14-39)38-19-22-7-3-4-8-23(22)20-38/h3-10,15-17,26H,1,11-14,18-20H2,2H3. The Morgan fingerprint density at radius 3 is 1.85 bits per heavy atom. The van der Waals surface area contributed by atoms with Gasteiger partial charge in [0.15, 0.2) is 0 Å². The number of alkyl halides is 6. The van der Waals surface area contributed by atoms with Gasteiger partial charge in [0.2, 0.25) is 0 Å². The fraction of sp³-hybridized carbons (Fsp3) is 0.387. The Balaban J connectivity index is 1.46. The smallest absolute Gasteiger partial charge is 0.416 e. The summed E-state index contributed by atoms with van der Waals surface area (Å²) in [4.78, 5) is 4.52. The third-order valence-electron chi connectivity index (χ3n) is 8.20. The van der Waals surface area contributed by atoms with E-state index in [1.807, 2.05) is 12.1 Å². The van der Waals surface area contributed by atoms with E-state index >= 15 is 0 Å². The molecule has 213 valence electrons. The third-order valence-corrected chi connectivity index (χ3v) is 8.20. The highest BCUT2D eigenvalue weighted by molar-refractivity contribution is 5.43. The summed E-state index contributed by atoms with van der Waals surface area (Å²) < 4.78 is 87.4. The fourth-order valence-electron chi connectivity index (χ4n) is 6.14. The topological polar surface area (TPSA) is 15.7 Å². The predicted molar refractivity (Wildman–Crippen MR) is 140 cm³/mol. The minimum atomic E-state index is -4.92. The molecule has 2 aliphatic rings. The van der Waals surface area contributed by atoms with Crippen LogP contribution in [0.25, 0.3) is 0 Å². The Kier molecular flexibility index (Phi) is 7.65. The van der Waals surface area contributed by atoms with Crippen molar-refractivity contribution in [1.82, 2.24) is 9.80 Å². The summed E-state index contributed by atoms with van der Waals surface area (Å²) >= 11 is 0. The van der Waals surface area contributed by atoms with E-state index in [0.29, 0.717) is 30.4 Å². The number of para-hydroxylation sites is 1. The Hall–Kier alpha value is -3.04. The van der Waals surface area contributed by atoms with Gasteiger partial charge >= 0.3 is 12.4 Å². The number of likely N-dealkylation sites (tertiary alicyclic amines) is 1. The molecule has 9 heteroatoms. The first-order chi connectivity index (χ1) is 18.9. The fourth-order valence-corrected chi connectivity index (χ4v) is 6.14. The lowest BCUT2D eigenvalue weighted by Gasteiger charge is -2.47. The Bertz CT molecular complexity index is 1290. The van der Waals surface area contributed by atoms with Crippen molar-refractivity contribution in [3.8, 4) is 5.75 Å². The van der Waals surface area contributed by atoms with Gasteiger partial charge < -0.3 is 4.74 Å². The number of hydrogen-bond donors (Lipinski definition) is 0. The molecule has 0 N–H and O–H groups in total. The van der Waals surface area contributed by atoms with Gasteiger partial charge in [-0.05, 0) is 67.1 Å². The molecule has 40 heavy (non-hydrogen) atoms. The van der Waals surface area contributed by atoms with Gasteiger partial charge in [0, 0.05) is 37.8 Å². The lowest BCUT2D eigenvalue weighted by atomic mass is 9.81. The molecule has 0 spiro atoms. The molecule has 5 rings (SSSR count). The first kappa shape index (κ1) is 28.5. The zero-order valence-corrected chi connectivity index (χ0v) is 22.2. The molecule has 1 radical (unpaired) electrons. The van der Waals surface area contributed by atoms with Gasteiger partial charge in [0.1, 0.15) is 5.75 Å². The number of ether oxygens (including phenoxy) is 1. The molecule has 1 saturated heterocycles. The molecular formula is C31H31F6N2O. The van der Waals surface area contributed by atoms with Crippen LogP contribution in [0.15, 0.2) is 66.7 Å². The molecule has 0 saturated carbocycles. The zero-order chi connectivity index (χ0) is 28.7. The first-order valence-corrected chi connectivity index (χ1v) is 13.2. The summed E-state index contributed by atoms with van der Waals surface area (Å²) in [5.74, 6) is 0.484. The van der Waals surface area contributed by atoms with E-state index in [4.69, 9.17) is 4.74 Å². The van der Waals surface area contributed by atoms with Crippen molar-refractivity contribution in [2.75, 3.05) is 20.2 Å². The molecule has 3 aromatic rings. The van der Waals surface area contributed by atoms with Gasteiger partial charge in [-0.1, -0.05) is 42.5 Å². The predicted octanol–water partition coefficient (Wildman–Crippen LogP) is 7.49. The van der Waals surface area contributed by atoms with Crippen molar-refractivity contribution < 1.29 is 31.1 Å². The normalized spacial score (nSPS) is 18.9. The molecule has 0 aromatic heterocycles. The summed E-state index contributed by atoms with van der Waals surface area (Å²) in [6, 6.07) is 17.5. The van der Waals surface area contributed by atoms with Crippen LogP contribution in [-0.4, -0.2) is 36.0 Å². The molecular weight excluding hydrogens is 530 g/mol. The van der Waals surface area contributed by atoms with Gasteiger partial charge in [-0.25, -0.2) is 0 Å². The summed E-state index contributed by atoms with van der Waals surface area (Å²) in [5, 5.41) is 0. The first-order valence-electron chi connectivity index (χ1n) is 13.2. The Morgan fingerprint density at radius 2 is 1.32 bits per heavy atom. The van der Waals surface area contributed by atoms with E-state index in [2.05, 4.69) is 28.9 Å². The maximum absolute atomic E-state index is 13.6. The summed E-state index contributed by atoms with van der Waals surface area (Å²) in [6.45, 7) is 7.39. The van der Waals surface area contributed by atoms with Crippen LogP contribution >= 0.6 is 0 Å². The molecule has 1 fully saturated rings. The number of piperidine rings is 1. The number of fused-ring (bicyclic) bond motifs is 1. The Labute approximate surface area is 230 Å². The molecule has 0 bridgehead atoms. The van der Waals surface area contributed by atoms with Crippen molar-refractivity contribution in [1.29, 1.82) is 0 Å². The number of nitrogens with zero attached hydrogens (tertiary/aromatic N) is 2. The number of rotatable bonds is 6. The van der Waals surface area contributed by atoms with Gasteiger partial charge in [-0.2, -0.15) is 26.3 Å². The van der Waals surface area contributed by atoms with Gasteiger partial charge in [-0.15, -0.1) is 0 Å². The minimum absolute atomic E-state index is 0.0832. The number of benzene rings is 3. The quantitative estimate of drug-likeness (QED) is 0.290. The van der Waals surface area contributed by atoms with Gasteiger partial charge in [0.05, 0.1) is 23.8 Å². The highest BCUT2D eigenvalue weighted by Crippen LogP contribution is 2.42. The lowest BCUT2D eigenvalue weighted by Crippen LogP contribution is -2.52. The van der Waals surface area contributed by atoms with Crippen molar-refractivity contribution >= 4 is 0 Å². The summed E-state index contributed by atoms with van der Waals surface area (Å²) in [7, 11) is 1.49. The highest BCUT2D eigenvalue weighted by atomic mass is 19.4. The van der Waals surface area contributed by atoms with Gasteiger partial charge in [0.25, 0.3) is 0 Å². The SMILES string of the molecule is [CH2]C(Cc1cc(C(F)(F)F)cc(C(F)(F)F)c1)(c1ccccc1OC)N1CCC(N2Cc3ccccc3C2)CC1. The zero-order valence-electron chi connectivity index (χ0n) is 22.2. The molecule has 0 aliphatic carbocycles. The second kappa shape index (κ2) is 10.7. The molecule has 1 unspecified atom stereocenters. The van der Waals surface area contributed by atoms with E-state index in [0.717, 1.165) is 38.1 Å². The van der Waals surface area contributed by atoms with Crippen molar-refractivity contribution in [2.45, 2.75) is 56.3 Å². The van der Waals surface area contributed by atoms with Crippen LogP contribution in [-0.2, 0) is 37.4 Å². The van der Waals surface area contributed by atoms with Crippen LogP contribution in [0.3, 0.4) is 0 Å². The number of hydrogen-bond acceptors (Lipinski definition) is 3. The molecule has 1 atom stereocenters. The van der Waals surface area contributed by atoms with E-state index < -0.39 is 29.0 Å². The maximum Gasteiger partial charge on any atom is 0.416 e. The van der Waals surface area contributed by atoms with Crippen molar-refractivity contribution in [3.63, 3.8) is 0 Å². The Morgan fingerprint density at radius 1 is 0.800 bits per heavy atom. The maximum atomic E-state index is 13.6. The van der Waals surface area contributed by atoms with Crippen LogP contribution in [0.4, 0.5) is 26.3 Å². The van der Waals surface area contributed by atoms with E-state index in [9.17, 15) is 26.3 Å². The third kappa shape index (κ3) is 5.72. The number of methoxy groups -OCH3 is 1. The van der Waals surface area contributed by atoms with Crippen LogP contribution in [0.1, 0.15) is 46.2 Å². The van der Waals surface area contributed by atoms with Crippen LogP contribution in [0.5, 0.6) is 5.75 Å². The van der Waals surface area contributed by atoms with Crippen LogP contribution in [0.2, 0.25) is 0 Å². The van der Waals surface area contributed by atoms with Crippen LogP contribution < -0.4 is 4.74 Å². The average molecular weight is 562 g/mol. The van der Waals surface area contributed by atoms with Crippen LogP contribution in [0, 0.1) is 6.92 Å². The highest BCUT2D eigenvalue weighted by Gasteiger charge is 2.42. The van der Waals surface area contributed by atoms with Gasteiger partial charge in [-0.3, -0.25) is 9.80 Å². The van der Waals surface area contributed by atoms with E-state index in [1.54, 1.807) is 24.3 Å². The number of halogens is 6. The van der Waals surface area contributed by atoms with Crippen molar-refractivity contribution in [3.05, 3.63) is 107 Å². The second-order valence-corrected chi connectivity index (χ2v) is 10.7. The second-order valence-electron chi connectivity index (χ2n) is 10.7. The molecule has 3 aromatic carbocycles. The van der Waals surface area contributed by atoms with E-state index in [-0.39, 0.29) is 18.1 Å². The van der Waals surface area contributed by atoms with E-state index in [1.165, 1.54) is 18.2 Å². The molecule has 3 nitrogen and oxygen atoms in total. The largest absolute Gasteiger partial charge is 0.496 e. The average Bonchev–Trinajstić information content (AvgIpc) is 3.36. The summed E-state index contributed by atoms with van der Waals surface area (Å²) in [5.41, 5.74) is -0.640. The summed E-state index contributed by atoms with van der Waals surface area (Å²) in [6.07, 6.45) is -8.39. The van der Waals surface area contributed by atoms with Crippen molar-refractivity contribution in [2.24, 2.45) is 0 Å². The molecule has 2 aliphatic heterocycles. The monoisotopic (exact) mass is 561 g/mol. The molecule has 2 heterocycles. The lowest BCUT2D eigenvalue weighted by molar-refractivity contribution is -0.143.